The summed E-state index contributed by atoms with van der Waals surface area (Å²) in [4.78, 5) is 27.8. The first-order chi connectivity index (χ1) is 18.1. The van der Waals surface area contributed by atoms with E-state index in [1.165, 1.54) is 20.3 Å². The molecule has 0 N–H and O–H groups in total. The minimum atomic E-state index is -0.277. The van der Waals surface area contributed by atoms with E-state index in [4.69, 9.17) is 4.52 Å². The van der Waals surface area contributed by atoms with Crippen LogP contribution >= 0.6 is 11.8 Å². The quantitative estimate of drug-likeness (QED) is 0.316. The van der Waals surface area contributed by atoms with Crippen LogP contribution in [0.5, 0.6) is 0 Å². The lowest BCUT2D eigenvalue weighted by atomic mass is 10.2. The van der Waals surface area contributed by atoms with Crippen molar-refractivity contribution in [3.63, 3.8) is 0 Å². The van der Waals surface area contributed by atoms with E-state index in [-0.39, 0.29) is 12.2 Å². The van der Waals surface area contributed by atoms with Gasteiger partial charge in [-0.15, -0.1) is 16.9 Å². The molecule has 0 bridgehead atoms. The molecule has 1 saturated heterocycles. The van der Waals surface area contributed by atoms with Crippen LogP contribution in [-0.2, 0) is 6.54 Å². The van der Waals surface area contributed by atoms with Crippen LogP contribution in [0.15, 0.2) is 75.1 Å². The summed E-state index contributed by atoms with van der Waals surface area (Å²) in [6, 6.07) is 16.5. The van der Waals surface area contributed by atoms with Gasteiger partial charge in [0.15, 0.2) is 5.82 Å². The number of benzene rings is 2. The maximum absolute atomic E-state index is 13.1. The van der Waals surface area contributed by atoms with Crippen LogP contribution in [0.1, 0.15) is 11.5 Å². The van der Waals surface area contributed by atoms with E-state index in [0.717, 1.165) is 36.6 Å². The average Bonchev–Trinajstić information content (AvgIpc) is 3.54. The van der Waals surface area contributed by atoms with Gasteiger partial charge in [-0.3, -0.25) is 0 Å². The van der Waals surface area contributed by atoms with Gasteiger partial charge in [0.25, 0.3) is 0 Å². The second kappa shape index (κ2) is 9.74. The van der Waals surface area contributed by atoms with Gasteiger partial charge < -0.3 is 14.3 Å². The molecule has 1 aliphatic rings. The van der Waals surface area contributed by atoms with E-state index in [0.29, 0.717) is 23.2 Å². The zero-order valence-corrected chi connectivity index (χ0v) is 21.4. The van der Waals surface area contributed by atoms with Crippen LogP contribution in [-0.4, -0.2) is 61.7 Å². The topological polar surface area (TPSA) is 97.6 Å². The minimum Gasteiger partial charge on any atom is -0.368 e. The number of hydrogen-bond donors (Lipinski definition) is 0. The third kappa shape index (κ3) is 4.57. The number of nitrogens with zero attached hydrogens (tertiary/aromatic N) is 8. The summed E-state index contributed by atoms with van der Waals surface area (Å²) in [5, 5.41) is 8.67. The highest BCUT2D eigenvalue weighted by molar-refractivity contribution is 7.98. The second-order valence-corrected chi connectivity index (χ2v) is 9.81. The van der Waals surface area contributed by atoms with Crippen molar-refractivity contribution in [3.8, 4) is 11.4 Å². The third-order valence-electron chi connectivity index (χ3n) is 6.56. The summed E-state index contributed by atoms with van der Waals surface area (Å²) in [5.74, 6) is 1.49. The maximum atomic E-state index is 13.1. The summed E-state index contributed by atoms with van der Waals surface area (Å²) >= 11 is 1.67. The normalized spacial score (nSPS) is 14.0. The second-order valence-electron chi connectivity index (χ2n) is 8.93. The standard InChI is InChI=1S/C26H26N8O2S/c1-18-3-7-20(8-4-18)31-13-15-32(16-14-31)24-25-29-34(26(35)33(25)12-11-27-24)17-22-28-23(30-36-22)19-5-9-21(37-2)10-6-19/h3-12H,13-17H2,1-2H3. The van der Waals surface area contributed by atoms with Crippen LogP contribution in [0.3, 0.4) is 0 Å². The van der Waals surface area contributed by atoms with Gasteiger partial charge in [0, 0.05) is 54.7 Å². The van der Waals surface area contributed by atoms with Crippen molar-refractivity contribution in [2.75, 3.05) is 42.2 Å². The number of fused-ring (bicyclic) bond motifs is 1. The highest BCUT2D eigenvalue weighted by Gasteiger charge is 2.23. The lowest BCUT2D eigenvalue weighted by molar-refractivity contribution is 0.364. The van der Waals surface area contributed by atoms with Crippen molar-refractivity contribution in [1.29, 1.82) is 0 Å². The number of aromatic nitrogens is 6. The van der Waals surface area contributed by atoms with Gasteiger partial charge in [-0.05, 0) is 49.6 Å². The molecule has 5 aromatic rings. The molecule has 4 heterocycles. The number of thioether (sulfide) groups is 1. The molecule has 188 valence electrons. The Morgan fingerprint density at radius 1 is 0.973 bits per heavy atom. The van der Waals surface area contributed by atoms with Gasteiger partial charge in [0.1, 0.15) is 6.54 Å². The SMILES string of the molecule is CSc1ccc(-c2noc(Cn3nc4c(N5CCN(c6ccc(C)cc6)CC5)nccn4c3=O)n2)cc1. The van der Waals surface area contributed by atoms with Gasteiger partial charge in [0.2, 0.25) is 17.4 Å². The van der Waals surface area contributed by atoms with Crippen LogP contribution in [0, 0.1) is 6.92 Å². The van der Waals surface area contributed by atoms with Crippen LogP contribution in [0.25, 0.3) is 17.0 Å². The molecule has 0 radical (unpaired) electrons. The highest BCUT2D eigenvalue weighted by Crippen LogP contribution is 2.23. The Morgan fingerprint density at radius 3 is 2.43 bits per heavy atom. The van der Waals surface area contributed by atoms with E-state index in [1.807, 2.05) is 30.5 Å². The summed E-state index contributed by atoms with van der Waals surface area (Å²) in [5.41, 5.74) is 3.56. The molecule has 11 heteroatoms. The summed E-state index contributed by atoms with van der Waals surface area (Å²) < 4.78 is 8.30. The number of hydrogen-bond acceptors (Lipinski definition) is 9. The Bertz CT molecular complexity index is 1580. The number of piperazine rings is 1. The Balaban J connectivity index is 1.21. The fourth-order valence-electron chi connectivity index (χ4n) is 4.50. The molecule has 0 aliphatic carbocycles. The molecule has 6 rings (SSSR count). The molecule has 1 aliphatic heterocycles. The molecule has 0 atom stereocenters. The van der Waals surface area contributed by atoms with Gasteiger partial charge in [-0.25, -0.2) is 18.9 Å². The van der Waals surface area contributed by atoms with Gasteiger partial charge in [-0.1, -0.05) is 22.9 Å². The van der Waals surface area contributed by atoms with E-state index in [9.17, 15) is 4.79 Å². The zero-order chi connectivity index (χ0) is 25.4. The number of rotatable bonds is 6. The van der Waals surface area contributed by atoms with Gasteiger partial charge in [-0.2, -0.15) is 4.98 Å². The first kappa shape index (κ1) is 23.3. The van der Waals surface area contributed by atoms with Crippen molar-refractivity contribution < 1.29 is 4.52 Å². The van der Waals surface area contributed by atoms with Crippen molar-refractivity contribution in [1.82, 2.24) is 29.3 Å². The number of anilines is 2. The van der Waals surface area contributed by atoms with Gasteiger partial charge in [0.05, 0.1) is 0 Å². The Kier molecular flexibility index (Phi) is 6.13. The average molecular weight is 515 g/mol. The summed E-state index contributed by atoms with van der Waals surface area (Å²) in [7, 11) is 0. The Hall–Kier alpha value is -4.12. The predicted octanol–water partition coefficient (Wildman–Crippen LogP) is 3.35. The Labute approximate surface area is 217 Å². The third-order valence-corrected chi connectivity index (χ3v) is 7.31. The molecule has 0 amide bonds. The van der Waals surface area contributed by atoms with Crippen LogP contribution in [0.2, 0.25) is 0 Å². The van der Waals surface area contributed by atoms with E-state index >= 15 is 0 Å². The molecule has 10 nitrogen and oxygen atoms in total. The van der Waals surface area contributed by atoms with Crippen molar-refractivity contribution in [2.24, 2.45) is 0 Å². The summed E-state index contributed by atoms with van der Waals surface area (Å²) in [6.07, 6.45) is 5.31. The minimum absolute atomic E-state index is 0.0804. The molecule has 1 fully saturated rings. The van der Waals surface area contributed by atoms with E-state index in [1.54, 1.807) is 24.2 Å². The maximum Gasteiger partial charge on any atom is 0.350 e. The highest BCUT2D eigenvalue weighted by atomic mass is 32.2. The fraction of sp³-hybridized carbons (Fsp3) is 0.269. The molecule has 3 aromatic heterocycles. The van der Waals surface area contributed by atoms with E-state index in [2.05, 4.69) is 61.2 Å². The molecule has 37 heavy (non-hydrogen) atoms. The zero-order valence-electron chi connectivity index (χ0n) is 20.6. The molecule has 0 spiro atoms. The van der Waals surface area contributed by atoms with Crippen molar-refractivity contribution in [2.45, 2.75) is 18.4 Å². The fourth-order valence-corrected chi connectivity index (χ4v) is 4.91. The largest absolute Gasteiger partial charge is 0.368 e. The predicted molar refractivity (Wildman–Crippen MR) is 143 cm³/mol. The monoisotopic (exact) mass is 514 g/mol. The van der Waals surface area contributed by atoms with Gasteiger partial charge >= 0.3 is 5.69 Å². The Morgan fingerprint density at radius 2 is 1.70 bits per heavy atom. The lowest BCUT2D eigenvalue weighted by Gasteiger charge is -2.36. The lowest BCUT2D eigenvalue weighted by Crippen LogP contribution is -2.47. The molecule has 2 aromatic carbocycles. The first-order valence-electron chi connectivity index (χ1n) is 12.1. The molecule has 0 saturated carbocycles. The molecule has 0 unspecified atom stereocenters. The van der Waals surface area contributed by atoms with Crippen molar-refractivity contribution >= 4 is 28.9 Å². The van der Waals surface area contributed by atoms with E-state index < -0.39 is 0 Å². The smallest absolute Gasteiger partial charge is 0.350 e. The summed E-state index contributed by atoms with van der Waals surface area (Å²) in [6.45, 7) is 5.46. The van der Waals surface area contributed by atoms with Crippen LogP contribution < -0.4 is 15.5 Å². The first-order valence-corrected chi connectivity index (χ1v) is 13.3. The molecular weight excluding hydrogens is 488 g/mol. The molecular formula is C26H26N8O2S. The van der Waals surface area contributed by atoms with Crippen molar-refractivity contribution in [3.05, 3.63) is 82.9 Å². The van der Waals surface area contributed by atoms with Crippen LogP contribution in [0.4, 0.5) is 11.5 Å². The number of aryl methyl sites for hydroxylation is 1.